The Balaban J connectivity index is 1.36. The van der Waals surface area contributed by atoms with Gasteiger partial charge in [-0.25, -0.2) is 9.97 Å². The molecule has 1 aliphatic rings. The Labute approximate surface area is 203 Å². The lowest BCUT2D eigenvalue weighted by Crippen LogP contribution is -2.34. The average Bonchev–Trinajstić information content (AvgIpc) is 3.36. The molecule has 5 aromatic rings. The number of H-pyrrole nitrogens is 1. The van der Waals surface area contributed by atoms with Gasteiger partial charge < -0.3 is 15.0 Å². The van der Waals surface area contributed by atoms with Gasteiger partial charge in [-0.05, 0) is 41.0 Å². The van der Waals surface area contributed by atoms with E-state index >= 15 is 0 Å². The Morgan fingerprint density at radius 2 is 1.71 bits per heavy atom. The van der Waals surface area contributed by atoms with Gasteiger partial charge in [0.1, 0.15) is 5.69 Å². The van der Waals surface area contributed by atoms with Crippen molar-refractivity contribution in [2.75, 3.05) is 18.0 Å². The molecule has 35 heavy (non-hydrogen) atoms. The molecule has 0 saturated carbocycles. The third-order valence-corrected chi connectivity index (χ3v) is 6.55. The lowest BCUT2D eigenvalue weighted by molar-refractivity contribution is -0.00429. The van der Waals surface area contributed by atoms with Crippen LogP contribution in [0.25, 0.3) is 22.2 Å². The van der Waals surface area contributed by atoms with Crippen LogP contribution in [0.3, 0.4) is 0 Å². The third kappa shape index (κ3) is 4.39. The number of para-hydroxylation sites is 2. The van der Waals surface area contributed by atoms with Crippen molar-refractivity contribution in [1.82, 2.24) is 24.8 Å². The van der Waals surface area contributed by atoms with E-state index in [0.29, 0.717) is 18.8 Å². The van der Waals surface area contributed by atoms with Crippen LogP contribution in [0.15, 0.2) is 91.5 Å². The molecule has 1 atom stereocenters. The van der Waals surface area contributed by atoms with Crippen molar-refractivity contribution in [2.45, 2.75) is 19.3 Å². The molecule has 174 valence electrons. The molecule has 0 aliphatic carbocycles. The summed E-state index contributed by atoms with van der Waals surface area (Å²) in [6, 6.07) is 24.7. The maximum Gasteiger partial charge on any atom is 0.152 e. The van der Waals surface area contributed by atoms with E-state index in [9.17, 15) is 5.11 Å². The molecule has 0 saturated heterocycles. The van der Waals surface area contributed by atoms with E-state index < -0.39 is 6.23 Å². The summed E-state index contributed by atoms with van der Waals surface area (Å²) in [5.41, 5.74) is 7.88. The summed E-state index contributed by atoms with van der Waals surface area (Å²) >= 11 is 0. The molecule has 0 amide bonds. The lowest BCUT2D eigenvalue weighted by Gasteiger charge is -2.26. The third-order valence-electron chi connectivity index (χ3n) is 6.55. The number of nitrogens with one attached hydrogen (secondary N) is 1. The van der Waals surface area contributed by atoms with Crippen LogP contribution in [0.5, 0.6) is 0 Å². The zero-order valence-corrected chi connectivity index (χ0v) is 19.2. The molecular formula is C28H26N6O. The monoisotopic (exact) mass is 462 g/mol. The number of rotatable bonds is 5. The summed E-state index contributed by atoms with van der Waals surface area (Å²) in [7, 11) is 0. The summed E-state index contributed by atoms with van der Waals surface area (Å²) < 4.78 is 0. The number of hydrogen-bond acceptors (Lipinski definition) is 6. The second kappa shape index (κ2) is 9.29. The second-order valence-corrected chi connectivity index (χ2v) is 8.84. The first-order valence-corrected chi connectivity index (χ1v) is 11.8. The van der Waals surface area contributed by atoms with Gasteiger partial charge in [0.05, 0.1) is 35.8 Å². The SMILES string of the molecule is OC(c1cnc2ccccc2n1)N1CCN(Cc2cnc[nH]2)c2ccc(-c3ccccc3)cc2C1. The van der Waals surface area contributed by atoms with E-state index in [-0.39, 0.29) is 0 Å². The molecule has 6 rings (SSSR count). The van der Waals surface area contributed by atoms with Gasteiger partial charge in [-0.3, -0.25) is 9.88 Å². The Kier molecular flexibility index (Phi) is 5.70. The number of aliphatic hydroxyl groups excluding tert-OH is 1. The molecule has 0 radical (unpaired) electrons. The largest absolute Gasteiger partial charge is 0.372 e. The van der Waals surface area contributed by atoms with Gasteiger partial charge in [-0.15, -0.1) is 0 Å². The number of aromatic nitrogens is 4. The van der Waals surface area contributed by atoms with Crippen molar-refractivity contribution in [2.24, 2.45) is 0 Å². The fourth-order valence-corrected chi connectivity index (χ4v) is 4.73. The van der Waals surface area contributed by atoms with Crippen LogP contribution in [-0.2, 0) is 13.1 Å². The average molecular weight is 463 g/mol. The standard InChI is InChI=1S/C28H26N6O/c35-28(26-16-30-24-8-4-5-9-25(24)32-26)34-13-12-33(18-23-15-29-19-31-23)27-11-10-21(14-22(27)17-34)20-6-2-1-3-7-20/h1-11,14-16,19,28,35H,12-13,17-18H2,(H,29,31). The molecule has 2 N–H and O–H groups in total. The molecule has 0 spiro atoms. The van der Waals surface area contributed by atoms with Crippen LogP contribution in [0.1, 0.15) is 23.2 Å². The summed E-state index contributed by atoms with van der Waals surface area (Å²) in [5.74, 6) is 0. The number of nitrogens with zero attached hydrogens (tertiary/aromatic N) is 5. The Morgan fingerprint density at radius 3 is 2.54 bits per heavy atom. The fraction of sp³-hybridized carbons (Fsp3) is 0.179. The Bertz CT molecular complexity index is 1440. The number of anilines is 1. The van der Waals surface area contributed by atoms with Crippen molar-refractivity contribution in [1.29, 1.82) is 0 Å². The highest BCUT2D eigenvalue weighted by atomic mass is 16.3. The minimum Gasteiger partial charge on any atom is -0.372 e. The highest BCUT2D eigenvalue weighted by Crippen LogP contribution is 2.33. The minimum absolute atomic E-state index is 0.562. The van der Waals surface area contributed by atoms with Crippen molar-refractivity contribution in [3.8, 4) is 11.1 Å². The summed E-state index contributed by atoms with van der Waals surface area (Å²) in [4.78, 5) is 21.0. The predicted octanol–water partition coefficient (Wildman–Crippen LogP) is 4.53. The first-order valence-electron chi connectivity index (χ1n) is 11.8. The Hall–Kier alpha value is -4.07. The quantitative estimate of drug-likeness (QED) is 0.399. The molecule has 3 aromatic carbocycles. The van der Waals surface area contributed by atoms with Crippen molar-refractivity contribution < 1.29 is 5.11 Å². The zero-order chi connectivity index (χ0) is 23.6. The molecule has 1 aliphatic heterocycles. The van der Waals surface area contributed by atoms with E-state index in [1.54, 1.807) is 12.5 Å². The van der Waals surface area contributed by atoms with Crippen molar-refractivity contribution >= 4 is 16.7 Å². The number of hydrogen-bond donors (Lipinski definition) is 2. The van der Waals surface area contributed by atoms with Gasteiger partial charge in [0.25, 0.3) is 0 Å². The van der Waals surface area contributed by atoms with Crippen LogP contribution in [0.4, 0.5) is 5.69 Å². The summed E-state index contributed by atoms with van der Waals surface area (Å²) in [5, 5.41) is 11.4. The summed E-state index contributed by atoms with van der Waals surface area (Å²) in [6.07, 6.45) is 4.40. The van der Waals surface area contributed by atoms with Crippen LogP contribution in [0, 0.1) is 0 Å². The highest BCUT2D eigenvalue weighted by Gasteiger charge is 2.26. The van der Waals surface area contributed by atoms with E-state index in [2.05, 4.69) is 67.2 Å². The topological polar surface area (TPSA) is 81.2 Å². The van der Waals surface area contributed by atoms with E-state index in [1.807, 2.05) is 36.5 Å². The maximum atomic E-state index is 11.4. The van der Waals surface area contributed by atoms with Crippen LogP contribution in [-0.4, -0.2) is 43.0 Å². The van der Waals surface area contributed by atoms with Gasteiger partial charge in [0.15, 0.2) is 6.23 Å². The normalized spacial score (nSPS) is 15.1. The molecule has 7 nitrogen and oxygen atoms in total. The van der Waals surface area contributed by atoms with E-state index in [0.717, 1.165) is 40.9 Å². The lowest BCUT2D eigenvalue weighted by atomic mass is 10.0. The van der Waals surface area contributed by atoms with Gasteiger partial charge in [-0.2, -0.15) is 0 Å². The van der Waals surface area contributed by atoms with E-state index in [1.165, 1.54) is 11.3 Å². The van der Waals surface area contributed by atoms with Crippen LogP contribution in [0.2, 0.25) is 0 Å². The Morgan fingerprint density at radius 1 is 0.886 bits per heavy atom. The predicted molar refractivity (Wildman–Crippen MR) is 136 cm³/mol. The van der Waals surface area contributed by atoms with Crippen LogP contribution >= 0.6 is 0 Å². The molecule has 2 aromatic heterocycles. The molecule has 7 heteroatoms. The molecular weight excluding hydrogens is 436 g/mol. The summed E-state index contributed by atoms with van der Waals surface area (Å²) in [6.45, 7) is 2.76. The molecule has 0 fully saturated rings. The second-order valence-electron chi connectivity index (χ2n) is 8.84. The van der Waals surface area contributed by atoms with Gasteiger partial charge >= 0.3 is 0 Å². The fourth-order valence-electron chi connectivity index (χ4n) is 4.73. The first kappa shape index (κ1) is 21.5. The maximum absolute atomic E-state index is 11.4. The van der Waals surface area contributed by atoms with Gasteiger partial charge in [0, 0.05) is 31.5 Å². The van der Waals surface area contributed by atoms with E-state index in [4.69, 9.17) is 4.98 Å². The van der Waals surface area contributed by atoms with Gasteiger partial charge in [-0.1, -0.05) is 48.5 Å². The number of fused-ring (bicyclic) bond motifs is 2. The molecule has 3 heterocycles. The molecule has 1 unspecified atom stereocenters. The van der Waals surface area contributed by atoms with Gasteiger partial charge in [0.2, 0.25) is 0 Å². The van der Waals surface area contributed by atoms with Crippen molar-refractivity contribution in [3.63, 3.8) is 0 Å². The number of imidazole rings is 1. The highest BCUT2D eigenvalue weighted by molar-refractivity contribution is 5.73. The number of aliphatic hydroxyl groups is 1. The number of benzene rings is 3. The molecule has 0 bridgehead atoms. The van der Waals surface area contributed by atoms with Crippen molar-refractivity contribution in [3.05, 3.63) is 108 Å². The van der Waals surface area contributed by atoms with Crippen LogP contribution < -0.4 is 4.90 Å². The smallest absolute Gasteiger partial charge is 0.152 e. The first-order chi connectivity index (χ1) is 17.2. The zero-order valence-electron chi connectivity index (χ0n) is 19.2. The number of aromatic amines is 1. The minimum atomic E-state index is -0.854.